The second kappa shape index (κ2) is 9.25. The van der Waals surface area contributed by atoms with Gasteiger partial charge in [-0.05, 0) is 70.9 Å². The molecule has 0 aliphatic carbocycles. The summed E-state index contributed by atoms with van der Waals surface area (Å²) < 4.78 is 5.28. The Bertz CT molecular complexity index is 1270. The molecule has 0 aromatic heterocycles. The molecule has 2 heterocycles. The first-order chi connectivity index (χ1) is 16.1. The van der Waals surface area contributed by atoms with Crippen LogP contribution in [0.2, 0.25) is 5.02 Å². The molecule has 33 heavy (non-hydrogen) atoms. The predicted octanol–water partition coefficient (Wildman–Crippen LogP) is 6.17. The lowest BCUT2D eigenvalue weighted by Gasteiger charge is -2.22. The van der Waals surface area contributed by atoms with Gasteiger partial charge in [0.2, 0.25) is 0 Å². The van der Waals surface area contributed by atoms with E-state index in [0.29, 0.717) is 21.5 Å². The molecular formula is C26H20ClN3O2S. The third-order valence-corrected chi connectivity index (χ3v) is 6.72. The van der Waals surface area contributed by atoms with Crippen LogP contribution in [0.4, 0.5) is 0 Å². The summed E-state index contributed by atoms with van der Waals surface area (Å²) in [5.41, 5.74) is 3.95. The zero-order chi connectivity index (χ0) is 22.8. The van der Waals surface area contributed by atoms with Gasteiger partial charge in [0.15, 0.2) is 5.17 Å². The summed E-state index contributed by atoms with van der Waals surface area (Å²) in [6, 6.07) is 25.2. The van der Waals surface area contributed by atoms with Crippen LogP contribution < -0.4 is 4.74 Å². The van der Waals surface area contributed by atoms with Gasteiger partial charge < -0.3 is 4.74 Å². The summed E-state index contributed by atoms with van der Waals surface area (Å²) in [5, 5.41) is 8.01. The number of benzene rings is 3. The first-order valence-electron chi connectivity index (χ1n) is 10.4. The molecule has 0 bridgehead atoms. The van der Waals surface area contributed by atoms with Gasteiger partial charge >= 0.3 is 0 Å². The third kappa shape index (κ3) is 4.58. The lowest BCUT2D eigenvalue weighted by atomic mass is 9.98. The maximum absolute atomic E-state index is 12.7. The fourth-order valence-corrected chi connectivity index (χ4v) is 4.83. The van der Waals surface area contributed by atoms with E-state index in [0.717, 1.165) is 28.2 Å². The van der Waals surface area contributed by atoms with Gasteiger partial charge in [0, 0.05) is 11.4 Å². The van der Waals surface area contributed by atoms with Crippen molar-refractivity contribution in [2.45, 2.75) is 12.5 Å². The molecule has 1 amide bonds. The number of hydrazone groups is 1. The van der Waals surface area contributed by atoms with Crippen LogP contribution in [0.1, 0.15) is 29.2 Å². The fraction of sp³-hybridized carbons (Fsp3) is 0.115. The molecule has 0 spiro atoms. The second-order valence-electron chi connectivity index (χ2n) is 7.61. The molecule has 1 atom stereocenters. The standard InChI is InChI=1S/C26H20ClN3O2S/c1-32-21-13-9-18(10-14-21)22-16-23(19-7-11-20(27)12-8-19)30(29-22)26-28-25(31)24(33-26)15-17-5-3-2-4-6-17/h2-15,23H,16H2,1H3/b24-15-. The number of thioether (sulfide) groups is 1. The number of carbonyl (C=O) groups is 1. The molecule has 0 radical (unpaired) electrons. The number of hydrogen-bond donors (Lipinski definition) is 0. The topological polar surface area (TPSA) is 54.3 Å². The van der Waals surface area contributed by atoms with Gasteiger partial charge in [0.05, 0.1) is 23.8 Å². The number of aliphatic imine (C=N–C) groups is 1. The molecule has 0 saturated heterocycles. The van der Waals surface area contributed by atoms with E-state index in [-0.39, 0.29) is 11.9 Å². The Morgan fingerprint density at radius 2 is 1.76 bits per heavy atom. The van der Waals surface area contributed by atoms with Crippen molar-refractivity contribution in [2.24, 2.45) is 10.1 Å². The van der Waals surface area contributed by atoms with E-state index in [2.05, 4.69) is 4.99 Å². The van der Waals surface area contributed by atoms with Crippen LogP contribution >= 0.6 is 23.4 Å². The summed E-state index contributed by atoms with van der Waals surface area (Å²) in [7, 11) is 1.65. The van der Waals surface area contributed by atoms with Crippen molar-refractivity contribution < 1.29 is 9.53 Å². The maximum atomic E-state index is 12.7. The predicted molar refractivity (Wildman–Crippen MR) is 135 cm³/mol. The Hall–Kier alpha value is -3.35. The molecule has 0 N–H and O–H groups in total. The molecule has 1 unspecified atom stereocenters. The Morgan fingerprint density at radius 1 is 1.03 bits per heavy atom. The monoisotopic (exact) mass is 473 g/mol. The van der Waals surface area contributed by atoms with Gasteiger partial charge in [-0.2, -0.15) is 10.1 Å². The van der Waals surface area contributed by atoms with Crippen LogP contribution in [0.15, 0.2) is 93.9 Å². The van der Waals surface area contributed by atoms with Gasteiger partial charge in [0.1, 0.15) is 5.75 Å². The quantitative estimate of drug-likeness (QED) is 0.425. The average molecular weight is 474 g/mol. The molecule has 0 saturated carbocycles. The Labute approximate surface area is 201 Å². The number of nitrogens with zero attached hydrogens (tertiary/aromatic N) is 3. The summed E-state index contributed by atoms with van der Waals surface area (Å²) in [6.07, 6.45) is 2.55. The van der Waals surface area contributed by atoms with Crippen LogP contribution in [-0.4, -0.2) is 28.9 Å². The number of ether oxygens (including phenoxy) is 1. The van der Waals surface area contributed by atoms with Crippen molar-refractivity contribution in [3.05, 3.63) is 105 Å². The highest BCUT2D eigenvalue weighted by atomic mass is 35.5. The van der Waals surface area contributed by atoms with Crippen LogP contribution in [0.25, 0.3) is 6.08 Å². The van der Waals surface area contributed by atoms with Crippen molar-refractivity contribution in [3.63, 3.8) is 0 Å². The number of amides is 1. The molecule has 5 nitrogen and oxygen atoms in total. The lowest BCUT2D eigenvalue weighted by Crippen LogP contribution is -2.23. The van der Waals surface area contributed by atoms with Crippen molar-refractivity contribution >= 4 is 46.2 Å². The minimum Gasteiger partial charge on any atom is -0.497 e. The van der Waals surface area contributed by atoms with Gasteiger partial charge in [-0.15, -0.1) is 0 Å². The highest BCUT2D eigenvalue weighted by Gasteiger charge is 2.36. The normalized spacial score (nSPS) is 19.1. The molecule has 0 fully saturated rings. The van der Waals surface area contributed by atoms with Gasteiger partial charge in [-0.1, -0.05) is 54.1 Å². The number of carbonyl (C=O) groups excluding carboxylic acids is 1. The van der Waals surface area contributed by atoms with Crippen molar-refractivity contribution in [1.29, 1.82) is 0 Å². The summed E-state index contributed by atoms with van der Waals surface area (Å²) >= 11 is 7.47. The summed E-state index contributed by atoms with van der Waals surface area (Å²) in [6.45, 7) is 0. The van der Waals surface area contributed by atoms with Crippen molar-refractivity contribution in [1.82, 2.24) is 5.01 Å². The highest BCUT2D eigenvalue weighted by Crippen LogP contribution is 2.39. The highest BCUT2D eigenvalue weighted by molar-refractivity contribution is 8.18. The van der Waals surface area contributed by atoms with E-state index in [1.807, 2.05) is 89.9 Å². The third-order valence-electron chi connectivity index (χ3n) is 5.49. The van der Waals surface area contributed by atoms with Crippen LogP contribution in [0, 0.1) is 0 Å². The van der Waals surface area contributed by atoms with Crippen LogP contribution in [0.5, 0.6) is 5.75 Å². The zero-order valence-corrected chi connectivity index (χ0v) is 19.4. The number of methoxy groups -OCH3 is 1. The Balaban J connectivity index is 1.48. The summed E-state index contributed by atoms with van der Waals surface area (Å²) in [4.78, 5) is 17.6. The first kappa shape index (κ1) is 21.5. The minimum absolute atomic E-state index is 0.0884. The number of amidine groups is 1. The number of rotatable bonds is 4. The molecule has 5 rings (SSSR count). The van der Waals surface area contributed by atoms with Gasteiger partial charge in [-0.25, -0.2) is 5.01 Å². The molecule has 164 valence electrons. The SMILES string of the molecule is COc1ccc(C2=NN(C3=NC(=O)/C(=C/c4ccccc4)S3)C(c3ccc(Cl)cc3)C2)cc1. The largest absolute Gasteiger partial charge is 0.497 e. The van der Waals surface area contributed by atoms with Crippen molar-refractivity contribution in [3.8, 4) is 5.75 Å². The molecule has 2 aliphatic heterocycles. The van der Waals surface area contributed by atoms with E-state index < -0.39 is 0 Å². The van der Waals surface area contributed by atoms with E-state index in [1.165, 1.54) is 11.8 Å². The van der Waals surface area contributed by atoms with E-state index in [1.54, 1.807) is 7.11 Å². The summed E-state index contributed by atoms with van der Waals surface area (Å²) in [5.74, 6) is 0.544. The zero-order valence-electron chi connectivity index (χ0n) is 17.8. The molecule has 3 aromatic carbocycles. The molecule has 3 aromatic rings. The van der Waals surface area contributed by atoms with Crippen LogP contribution in [0.3, 0.4) is 0 Å². The maximum Gasteiger partial charge on any atom is 0.286 e. The van der Waals surface area contributed by atoms with E-state index in [4.69, 9.17) is 21.4 Å². The first-order valence-corrected chi connectivity index (χ1v) is 11.6. The molecule has 7 heteroatoms. The van der Waals surface area contributed by atoms with Gasteiger partial charge in [0.25, 0.3) is 5.91 Å². The van der Waals surface area contributed by atoms with Crippen molar-refractivity contribution in [2.75, 3.05) is 7.11 Å². The smallest absolute Gasteiger partial charge is 0.286 e. The molecular weight excluding hydrogens is 454 g/mol. The minimum atomic E-state index is -0.248. The molecule has 2 aliphatic rings. The average Bonchev–Trinajstić information content (AvgIpc) is 3.44. The Kier molecular flexibility index (Phi) is 6.03. The number of hydrogen-bond acceptors (Lipinski definition) is 5. The van der Waals surface area contributed by atoms with E-state index >= 15 is 0 Å². The Morgan fingerprint density at radius 3 is 2.45 bits per heavy atom. The second-order valence-corrected chi connectivity index (χ2v) is 9.06. The fourth-order valence-electron chi connectivity index (χ4n) is 3.79. The lowest BCUT2D eigenvalue weighted by molar-refractivity contribution is -0.113. The van der Waals surface area contributed by atoms with Crippen LogP contribution in [-0.2, 0) is 4.79 Å². The number of halogens is 1. The van der Waals surface area contributed by atoms with Gasteiger partial charge in [-0.3, -0.25) is 4.79 Å². The van der Waals surface area contributed by atoms with E-state index in [9.17, 15) is 4.79 Å².